The van der Waals surface area contributed by atoms with E-state index in [0.717, 1.165) is 17.9 Å². The van der Waals surface area contributed by atoms with Crippen LogP contribution >= 0.6 is 0 Å². The highest BCUT2D eigenvalue weighted by molar-refractivity contribution is 5.57. The van der Waals surface area contributed by atoms with Crippen LogP contribution in [0.15, 0.2) is 24.3 Å². The molecule has 0 aliphatic rings. The summed E-state index contributed by atoms with van der Waals surface area (Å²) in [4.78, 5) is 7.05. The van der Waals surface area contributed by atoms with Gasteiger partial charge in [-0.05, 0) is 32.0 Å². The maximum atomic E-state index is 5.33. The molecule has 0 saturated carbocycles. The first-order valence-corrected chi connectivity index (χ1v) is 5.41. The summed E-state index contributed by atoms with van der Waals surface area (Å²) >= 11 is 0. The number of anilines is 2. The van der Waals surface area contributed by atoms with Crippen LogP contribution in [0.25, 0.3) is 0 Å². The predicted molar refractivity (Wildman–Crippen MR) is 66.6 cm³/mol. The third-order valence-corrected chi connectivity index (χ3v) is 2.52. The molecule has 90 valence electrons. The third-order valence-electron chi connectivity index (χ3n) is 2.52. The van der Waals surface area contributed by atoms with Crippen molar-refractivity contribution in [2.45, 2.75) is 20.1 Å². The standard InChI is InChI=1S/C12H20N2O2/c1-5-14(10(2)15-3)12-8-6-7-11(9-12)13-16-4/h6-10,13H,5H2,1-4H3. The van der Waals surface area contributed by atoms with Crippen molar-refractivity contribution < 1.29 is 9.57 Å². The Balaban J connectivity index is 2.87. The molecule has 1 unspecified atom stereocenters. The minimum absolute atomic E-state index is 0.0581. The monoisotopic (exact) mass is 224 g/mol. The van der Waals surface area contributed by atoms with Crippen molar-refractivity contribution in [3.05, 3.63) is 24.3 Å². The number of ether oxygens (including phenoxy) is 1. The number of rotatable bonds is 6. The van der Waals surface area contributed by atoms with Gasteiger partial charge in [0.25, 0.3) is 0 Å². The average Bonchev–Trinajstić information content (AvgIpc) is 2.31. The lowest BCUT2D eigenvalue weighted by Gasteiger charge is -2.29. The zero-order valence-electron chi connectivity index (χ0n) is 10.4. The fraction of sp³-hybridized carbons (Fsp3) is 0.500. The van der Waals surface area contributed by atoms with Crippen molar-refractivity contribution in [1.29, 1.82) is 0 Å². The molecule has 0 aliphatic heterocycles. The van der Waals surface area contributed by atoms with E-state index in [4.69, 9.17) is 9.57 Å². The van der Waals surface area contributed by atoms with Crippen LogP contribution in [0.4, 0.5) is 11.4 Å². The zero-order chi connectivity index (χ0) is 12.0. The molecule has 0 heterocycles. The Labute approximate surface area is 97.1 Å². The first kappa shape index (κ1) is 12.8. The molecule has 0 aromatic heterocycles. The Bertz CT molecular complexity index is 318. The first-order chi connectivity index (χ1) is 7.72. The van der Waals surface area contributed by atoms with Gasteiger partial charge >= 0.3 is 0 Å². The Morgan fingerprint density at radius 3 is 2.69 bits per heavy atom. The molecule has 0 fully saturated rings. The number of methoxy groups -OCH3 is 1. The molecule has 0 radical (unpaired) electrons. The van der Waals surface area contributed by atoms with Crippen molar-refractivity contribution >= 4 is 11.4 Å². The molecule has 0 amide bonds. The van der Waals surface area contributed by atoms with Crippen LogP contribution in [0.5, 0.6) is 0 Å². The van der Waals surface area contributed by atoms with E-state index in [-0.39, 0.29) is 6.23 Å². The summed E-state index contributed by atoms with van der Waals surface area (Å²) in [6.07, 6.45) is 0.0581. The average molecular weight is 224 g/mol. The second-order valence-corrected chi connectivity index (χ2v) is 3.48. The van der Waals surface area contributed by atoms with Gasteiger partial charge in [-0.2, -0.15) is 0 Å². The summed E-state index contributed by atoms with van der Waals surface area (Å²) in [6, 6.07) is 8.03. The summed E-state index contributed by atoms with van der Waals surface area (Å²) in [7, 11) is 3.31. The predicted octanol–water partition coefficient (Wildman–Crippen LogP) is 2.48. The number of benzene rings is 1. The van der Waals surface area contributed by atoms with Gasteiger partial charge in [0.05, 0.1) is 12.8 Å². The fourth-order valence-corrected chi connectivity index (χ4v) is 1.64. The van der Waals surface area contributed by atoms with E-state index in [1.54, 1.807) is 14.2 Å². The number of nitrogens with zero attached hydrogens (tertiary/aromatic N) is 1. The molecule has 1 rings (SSSR count). The van der Waals surface area contributed by atoms with Gasteiger partial charge in [-0.25, -0.2) is 0 Å². The Morgan fingerprint density at radius 1 is 1.38 bits per heavy atom. The van der Waals surface area contributed by atoms with E-state index in [9.17, 15) is 0 Å². The summed E-state index contributed by atoms with van der Waals surface area (Å²) < 4.78 is 5.33. The van der Waals surface area contributed by atoms with Crippen LogP contribution in [0.1, 0.15) is 13.8 Å². The first-order valence-electron chi connectivity index (χ1n) is 5.41. The molecule has 1 atom stereocenters. The molecule has 0 bridgehead atoms. The lowest BCUT2D eigenvalue weighted by molar-refractivity contribution is 0.115. The highest BCUT2D eigenvalue weighted by atomic mass is 16.6. The molecular weight excluding hydrogens is 204 g/mol. The van der Waals surface area contributed by atoms with E-state index >= 15 is 0 Å². The Hall–Kier alpha value is -1.26. The molecule has 1 N–H and O–H groups in total. The van der Waals surface area contributed by atoms with Crippen LogP contribution in [0, 0.1) is 0 Å². The van der Waals surface area contributed by atoms with Gasteiger partial charge in [0.1, 0.15) is 6.23 Å². The maximum absolute atomic E-state index is 5.33. The van der Waals surface area contributed by atoms with Crippen LogP contribution in [0.2, 0.25) is 0 Å². The SMILES string of the molecule is CCN(c1cccc(NOC)c1)C(C)OC. The topological polar surface area (TPSA) is 33.7 Å². The van der Waals surface area contributed by atoms with Crippen molar-refractivity contribution in [2.75, 3.05) is 31.1 Å². The number of hydrogen-bond donors (Lipinski definition) is 1. The summed E-state index contributed by atoms with van der Waals surface area (Å²) in [5.41, 5.74) is 4.86. The van der Waals surface area contributed by atoms with E-state index in [0.29, 0.717) is 0 Å². The van der Waals surface area contributed by atoms with Gasteiger partial charge in [0.15, 0.2) is 0 Å². The molecule has 4 nitrogen and oxygen atoms in total. The number of hydrogen-bond acceptors (Lipinski definition) is 4. The van der Waals surface area contributed by atoms with Crippen molar-refractivity contribution in [1.82, 2.24) is 0 Å². The van der Waals surface area contributed by atoms with Crippen LogP contribution in [-0.4, -0.2) is 27.0 Å². The Morgan fingerprint density at radius 2 is 2.12 bits per heavy atom. The van der Waals surface area contributed by atoms with E-state index in [2.05, 4.69) is 23.4 Å². The quantitative estimate of drug-likeness (QED) is 0.594. The molecule has 1 aromatic carbocycles. The van der Waals surface area contributed by atoms with Gasteiger partial charge in [0, 0.05) is 19.3 Å². The lowest BCUT2D eigenvalue weighted by atomic mass is 10.2. The van der Waals surface area contributed by atoms with Crippen molar-refractivity contribution in [2.24, 2.45) is 0 Å². The van der Waals surface area contributed by atoms with E-state index < -0.39 is 0 Å². The van der Waals surface area contributed by atoms with Gasteiger partial charge in [-0.3, -0.25) is 10.3 Å². The minimum atomic E-state index is 0.0581. The number of nitrogens with one attached hydrogen (secondary N) is 1. The largest absolute Gasteiger partial charge is 0.362 e. The fourth-order valence-electron chi connectivity index (χ4n) is 1.64. The second kappa shape index (κ2) is 6.35. The molecule has 0 saturated heterocycles. The van der Waals surface area contributed by atoms with Crippen molar-refractivity contribution in [3.8, 4) is 0 Å². The molecule has 16 heavy (non-hydrogen) atoms. The van der Waals surface area contributed by atoms with E-state index in [1.807, 2.05) is 25.1 Å². The second-order valence-electron chi connectivity index (χ2n) is 3.48. The minimum Gasteiger partial charge on any atom is -0.362 e. The summed E-state index contributed by atoms with van der Waals surface area (Å²) in [5, 5.41) is 0. The van der Waals surface area contributed by atoms with E-state index in [1.165, 1.54) is 0 Å². The summed E-state index contributed by atoms with van der Waals surface area (Å²) in [5.74, 6) is 0. The van der Waals surface area contributed by atoms with Gasteiger partial charge in [-0.1, -0.05) is 6.07 Å². The Kier molecular flexibility index (Phi) is 5.08. The third kappa shape index (κ3) is 3.12. The van der Waals surface area contributed by atoms with Crippen LogP contribution in [-0.2, 0) is 9.57 Å². The molecule has 0 spiro atoms. The van der Waals surface area contributed by atoms with Gasteiger partial charge in [0.2, 0.25) is 0 Å². The molecule has 1 aromatic rings. The van der Waals surface area contributed by atoms with Gasteiger partial charge in [-0.15, -0.1) is 0 Å². The smallest absolute Gasteiger partial charge is 0.126 e. The normalized spacial score (nSPS) is 12.2. The van der Waals surface area contributed by atoms with Crippen LogP contribution < -0.4 is 10.4 Å². The lowest BCUT2D eigenvalue weighted by Crippen LogP contribution is -2.34. The van der Waals surface area contributed by atoms with Crippen LogP contribution in [0.3, 0.4) is 0 Å². The van der Waals surface area contributed by atoms with Crippen molar-refractivity contribution in [3.63, 3.8) is 0 Å². The summed E-state index contributed by atoms with van der Waals surface area (Å²) in [6.45, 7) is 5.03. The molecular formula is C12H20N2O2. The maximum Gasteiger partial charge on any atom is 0.126 e. The highest BCUT2D eigenvalue weighted by Gasteiger charge is 2.11. The molecule has 4 heteroatoms. The zero-order valence-corrected chi connectivity index (χ0v) is 10.4. The molecule has 0 aliphatic carbocycles. The van der Waals surface area contributed by atoms with Gasteiger partial charge < -0.3 is 9.64 Å². The highest BCUT2D eigenvalue weighted by Crippen LogP contribution is 2.21.